The third kappa shape index (κ3) is 4.94. The van der Waals surface area contributed by atoms with Gasteiger partial charge in [0, 0.05) is 49.1 Å². The van der Waals surface area contributed by atoms with E-state index in [4.69, 9.17) is 9.72 Å². The van der Waals surface area contributed by atoms with Crippen LogP contribution in [0.3, 0.4) is 0 Å². The van der Waals surface area contributed by atoms with Crippen molar-refractivity contribution in [3.05, 3.63) is 102 Å². The molecule has 0 spiro atoms. The Bertz CT molecular complexity index is 2000. The predicted octanol–water partition coefficient (Wildman–Crippen LogP) is 10.1. The smallest absolute Gasteiger partial charge is 0.107 e. The van der Waals surface area contributed by atoms with Gasteiger partial charge < -0.3 is 14.5 Å². The molecule has 6 aromatic rings. The second kappa shape index (κ2) is 10.8. The molecule has 7 heteroatoms. The molecule has 4 nitrogen and oxygen atoms in total. The maximum absolute atomic E-state index is 6.46. The molecule has 0 fully saturated rings. The molecule has 3 aromatic heterocycles. The second-order valence-electron chi connectivity index (χ2n) is 11.6. The van der Waals surface area contributed by atoms with Crippen molar-refractivity contribution in [3.63, 3.8) is 0 Å². The molecule has 1 aliphatic heterocycles. The van der Waals surface area contributed by atoms with Crippen LogP contribution in [-0.2, 0) is 26.5 Å². The molecule has 0 atom stereocenters. The van der Waals surface area contributed by atoms with Crippen LogP contribution in [0, 0.1) is 18.8 Å². The number of thiophene rings is 2. The van der Waals surface area contributed by atoms with E-state index in [0.717, 1.165) is 27.0 Å². The number of fused-ring (bicyclic) bond motifs is 5. The first-order valence-electron chi connectivity index (χ1n) is 13.7. The van der Waals surface area contributed by atoms with Gasteiger partial charge in [0.2, 0.25) is 0 Å². The molecular weight excluding hydrogens is 738 g/mol. The van der Waals surface area contributed by atoms with E-state index in [1.165, 1.54) is 37.8 Å². The quantitative estimate of drug-likeness (QED) is 0.167. The maximum atomic E-state index is 6.46. The molecule has 0 N–H and O–H groups in total. The van der Waals surface area contributed by atoms with Gasteiger partial charge >= 0.3 is 0 Å². The number of pyridine rings is 1. The van der Waals surface area contributed by atoms with E-state index < -0.39 is 0 Å². The second-order valence-corrected chi connectivity index (χ2v) is 13.5. The number of nitrogens with zero attached hydrogens (tertiary/aromatic N) is 3. The van der Waals surface area contributed by atoms with Crippen molar-refractivity contribution in [2.24, 2.45) is 0 Å². The van der Waals surface area contributed by atoms with Gasteiger partial charge in [-0.15, -0.1) is 47.4 Å². The third-order valence-corrected chi connectivity index (χ3v) is 9.83. The minimum atomic E-state index is 0. The molecule has 0 radical (unpaired) electrons. The number of rotatable bonds is 4. The fourth-order valence-electron chi connectivity index (χ4n) is 5.39. The molecular formula is C35H30N3OPtS2-3. The third-order valence-electron chi connectivity index (χ3n) is 7.95. The molecule has 1 aliphatic rings. The van der Waals surface area contributed by atoms with E-state index in [2.05, 4.69) is 118 Å². The Kier molecular flexibility index (Phi) is 7.45. The standard InChI is InChI=1S/C35H30N3OS2.Pt/c1-21-22(2)38(20-37(21)6)24-8-7-9-25(17-24)39-33-19-30-29(31-16-23(12-14-36-31)35(3,4)5)18-28-26-13-15-40-32(26)11-10-27(28)34(30)41-33;/h7-16,18,20H,1-6H3;/q-3;. The van der Waals surface area contributed by atoms with Crippen LogP contribution in [0.15, 0.2) is 77.6 Å². The van der Waals surface area contributed by atoms with Crippen molar-refractivity contribution < 1.29 is 25.8 Å². The Balaban J connectivity index is 0.00000316. The summed E-state index contributed by atoms with van der Waals surface area (Å²) in [5.74, 6) is 0.664. The molecule has 0 bridgehead atoms. The van der Waals surface area contributed by atoms with E-state index in [1.807, 2.05) is 18.3 Å². The summed E-state index contributed by atoms with van der Waals surface area (Å²) in [5.41, 5.74) is 6.64. The molecule has 0 saturated carbocycles. The van der Waals surface area contributed by atoms with Crippen LogP contribution < -0.4 is 9.64 Å². The van der Waals surface area contributed by atoms with Gasteiger partial charge in [-0.3, -0.25) is 4.98 Å². The first-order chi connectivity index (χ1) is 19.7. The average Bonchev–Trinajstić information content (AvgIpc) is 3.67. The molecule has 3 aromatic carbocycles. The van der Waals surface area contributed by atoms with Gasteiger partial charge in [0.25, 0.3) is 0 Å². The Labute approximate surface area is 269 Å². The van der Waals surface area contributed by atoms with Gasteiger partial charge in [-0.25, -0.2) is 0 Å². The van der Waals surface area contributed by atoms with E-state index >= 15 is 0 Å². The summed E-state index contributed by atoms with van der Waals surface area (Å²) in [6.07, 6.45) is 1.92. The van der Waals surface area contributed by atoms with Crippen molar-refractivity contribution >= 4 is 59.3 Å². The van der Waals surface area contributed by atoms with E-state index in [-0.39, 0.29) is 26.5 Å². The van der Waals surface area contributed by atoms with E-state index in [0.29, 0.717) is 10.8 Å². The monoisotopic (exact) mass is 767 g/mol. The average molecular weight is 768 g/mol. The number of allylic oxidation sites excluding steroid dienone is 2. The Morgan fingerprint density at radius 3 is 2.52 bits per heavy atom. The normalized spacial score (nSPS) is 14.0. The van der Waals surface area contributed by atoms with Crippen molar-refractivity contribution in [2.75, 3.05) is 11.9 Å². The zero-order chi connectivity index (χ0) is 28.5. The summed E-state index contributed by atoms with van der Waals surface area (Å²) in [6.45, 7) is 13.0. The number of ether oxygens (including phenoxy) is 1. The molecule has 0 unspecified atom stereocenters. The Hall–Kier alpha value is -3.18. The van der Waals surface area contributed by atoms with E-state index in [9.17, 15) is 0 Å². The molecule has 0 saturated heterocycles. The fourth-order valence-corrected chi connectivity index (χ4v) is 7.21. The number of hydrogen-bond donors (Lipinski definition) is 0. The van der Waals surface area contributed by atoms with Gasteiger partial charge in [0.1, 0.15) is 5.06 Å². The topological polar surface area (TPSA) is 28.6 Å². The van der Waals surface area contributed by atoms with Crippen LogP contribution in [0.5, 0.6) is 10.8 Å². The van der Waals surface area contributed by atoms with Crippen molar-refractivity contribution in [1.82, 2.24) is 9.88 Å². The number of hydrogen-bond acceptors (Lipinski definition) is 6. The number of anilines is 1. The van der Waals surface area contributed by atoms with Crippen molar-refractivity contribution in [3.8, 4) is 22.1 Å². The summed E-state index contributed by atoms with van der Waals surface area (Å²) in [4.78, 5) is 9.10. The summed E-state index contributed by atoms with van der Waals surface area (Å²) in [7, 11) is 2.06. The Morgan fingerprint density at radius 1 is 0.929 bits per heavy atom. The summed E-state index contributed by atoms with van der Waals surface area (Å²) in [6, 6.07) is 26.4. The van der Waals surface area contributed by atoms with Crippen molar-refractivity contribution in [2.45, 2.75) is 40.0 Å². The van der Waals surface area contributed by atoms with Gasteiger partial charge in [-0.1, -0.05) is 42.5 Å². The van der Waals surface area contributed by atoms with Crippen LogP contribution in [0.1, 0.15) is 40.2 Å². The van der Waals surface area contributed by atoms with Crippen molar-refractivity contribution in [1.29, 1.82) is 0 Å². The van der Waals surface area contributed by atoms with E-state index in [1.54, 1.807) is 22.7 Å². The zero-order valence-corrected chi connectivity index (χ0v) is 28.2. The summed E-state index contributed by atoms with van der Waals surface area (Å²) >= 11 is 3.40. The van der Waals surface area contributed by atoms with Gasteiger partial charge in [0.15, 0.2) is 0 Å². The first-order valence-corrected chi connectivity index (χ1v) is 15.4. The SMILES string of the molecule is CC1=C(C)N(c2[c-]c(Oc3[c-]c4c(-c5cc(C(C)(C)C)ccn5)cc5c6ccsc6ccc5c4s3)ccc2)[CH-]N1C.[Pt]. The molecule has 216 valence electrons. The van der Waals surface area contributed by atoms with Gasteiger partial charge in [-0.05, 0) is 78.0 Å². The van der Waals surface area contributed by atoms with Crippen LogP contribution in [0.2, 0.25) is 0 Å². The molecule has 7 rings (SSSR count). The molecule has 0 amide bonds. The number of benzene rings is 3. The zero-order valence-electron chi connectivity index (χ0n) is 24.3. The minimum absolute atomic E-state index is 0. The summed E-state index contributed by atoms with van der Waals surface area (Å²) < 4.78 is 8.90. The van der Waals surface area contributed by atoms with Crippen LogP contribution in [-0.4, -0.2) is 16.9 Å². The predicted molar refractivity (Wildman–Crippen MR) is 174 cm³/mol. The van der Waals surface area contributed by atoms with Crippen LogP contribution in [0.4, 0.5) is 5.69 Å². The summed E-state index contributed by atoms with van der Waals surface area (Å²) in [5, 5.41) is 7.62. The largest absolute Gasteiger partial charge is 0.508 e. The van der Waals surface area contributed by atoms with Crippen LogP contribution in [0.25, 0.3) is 42.2 Å². The van der Waals surface area contributed by atoms with Gasteiger partial charge in [-0.2, -0.15) is 29.5 Å². The molecule has 0 aliphatic carbocycles. The molecule has 4 heterocycles. The number of aromatic nitrogens is 1. The maximum Gasteiger partial charge on any atom is 0.107 e. The van der Waals surface area contributed by atoms with Gasteiger partial charge in [0.05, 0.1) is 0 Å². The molecule has 42 heavy (non-hydrogen) atoms. The van der Waals surface area contributed by atoms with Crippen LogP contribution >= 0.6 is 22.7 Å². The fraction of sp³-hybridized carbons (Fsp3) is 0.200. The minimum Gasteiger partial charge on any atom is -0.508 e. The first kappa shape index (κ1) is 28.9. The Morgan fingerprint density at radius 2 is 1.76 bits per heavy atom.